The first-order valence-electron chi connectivity index (χ1n) is 8.01. The summed E-state index contributed by atoms with van der Waals surface area (Å²) in [5.41, 5.74) is 0.244. The number of carboxylic acid groups (broad SMARTS) is 1. The molecule has 2 atom stereocenters. The lowest BCUT2D eigenvalue weighted by atomic mass is 10.1. The summed E-state index contributed by atoms with van der Waals surface area (Å²) >= 11 is 0. The number of carboxylic acids is 1. The third-order valence-corrected chi connectivity index (χ3v) is 5.99. The molecule has 1 aliphatic heterocycles. The molecule has 1 aromatic carbocycles. The maximum absolute atomic E-state index is 12.6. The maximum Gasteiger partial charge on any atom is 0.326 e. The van der Waals surface area contributed by atoms with Gasteiger partial charge in [0.15, 0.2) is 0 Å². The Morgan fingerprint density at radius 2 is 1.88 bits per heavy atom. The Morgan fingerprint density at radius 3 is 2.40 bits per heavy atom. The van der Waals surface area contributed by atoms with Crippen LogP contribution >= 0.6 is 0 Å². The first-order chi connectivity index (χ1) is 11.8. The quantitative estimate of drug-likeness (QED) is 0.753. The summed E-state index contributed by atoms with van der Waals surface area (Å²) in [5, 5.41) is 9.30. The number of sulfonamides is 1. The van der Waals surface area contributed by atoms with Crippen LogP contribution in [0.4, 0.5) is 0 Å². The molecule has 25 heavy (non-hydrogen) atoms. The van der Waals surface area contributed by atoms with Gasteiger partial charge in [-0.25, -0.2) is 17.9 Å². The number of nitrogens with zero attached hydrogens (tertiary/aromatic N) is 1. The second-order valence-electron chi connectivity index (χ2n) is 6.32. The molecule has 0 aromatic heterocycles. The van der Waals surface area contributed by atoms with E-state index >= 15 is 0 Å². The Bertz CT molecular complexity index is 772. The van der Waals surface area contributed by atoms with Gasteiger partial charge in [0, 0.05) is 31.7 Å². The van der Waals surface area contributed by atoms with Crippen molar-refractivity contribution in [3.05, 3.63) is 29.8 Å². The molecule has 8 nitrogen and oxygen atoms in total. The number of hydrogen-bond acceptors (Lipinski definition) is 5. The molecule has 136 valence electrons. The first kappa shape index (κ1) is 17.8. The van der Waals surface area contributed by atoms with Crippen molar-refractivity contribution in [3.8, 4) is 0 Å². The SMILES string of the molecule is COC1CC(C(=O)O)N(C(=O)c2ccc(S(=O)(=O)NC3CC3)cc2)C1. The number of nitrogens with one attached hydrogen (secondary N) is 1. The lowest BCUT2D eigenvalue weighted by Gasteiger charge is -2.21. The van der Waals surface area contributed by atoms with Crippen molar-refractivity contribution in [1.29, 1.82) is 0 Å². The van der Waals surface area contributed by atoms with Crippen molar-refractivity contribution in [2.75, 3.05) is 13.7 Å². The van der Waals surface area contributed by atoms with E-state index in [0.717, 1.165) is 12.8 Å². The largest absolute Gasteiger partial charge is 0.480 e. The summed E-state index contributed by atoms with van der Waals surface area (Å²) in [6.07, 6.45) is 1.58. The van der Waals surface area contributed by atoms with Crippen LogP contribution in [-0.2, 0) is 19.6 Å². The van der Waals surface area contributed by atoms with Crippen molar-refractivity contribution in [3.63, 3.8) is 0 Å². The Labute approximate surface area is 145 Å². The van der Waals surface area contributed by atoms with Crippen molar-refractivity contribution in [2.24, 2.45) is 0 Å². The molecule has 1 aromatic rings. The maximum atomic E-state index is 12.6. The molecular weight excluding hydrogens is 348 g/mol. The van der Waals surface area contributed by atoms with Gasteiger partial charge in [-0.05, 0) is 37.1 Å². The summed E-state index contributed by atoms with van der Waals surface area (Å²) in [6, 6.07) is 4.58. The molecule has 2 unspecified atom stereocenters. The van der Waals surface area contributed by atoms with Gasteiger partial charge in [-0.3, -0.25) is 4.79 Å². The number of ether oxygens (including phenoxy) is 1. The molecule has 2 aliphatic rings. The monoisotopic (exact) mass is 368 g/mol. The average Bonchev–Trinajstić information content (AvgIpc) is 3.27. The van der Waals surface area contributed by atoms with E-state index in [1.807, 2.05) is 0 Å². The van der Waals surface area contributed by atoms with Crippen LogP contribution in [0.1, 0.15) is 29.6 Å². The third kappa shape index (κ3) is 3.83. The molecule has 0 spiro atoms. The van der Waals surface area contributed by atoms with Crippen LogP contribution in [0.3, 0.4) is 0 Å². The van der Waals surface area contributed by atoms with Crippen LogP contribution < -0.4 is 4.72 Å². The van der Waals surface area contributed by atoms with E-state index in [4.69, 9.17) is 4.74 Å². The van der Waals surface area contributed by atoms with E-state index in [2.05, 4.69) is 4.72 Å². The number of amides is 1. The molecule has 3 rings (SSSR count). The van der Waals surface area contributed by atoms with E-state index in [1.165, 1.54) is 36.3 Å². The highest BCUT2D eigenvalue weighted by Crippen LogP contribution is 2.24. The number of methoxy groups -OCH3 is 1. The number of rotatable bonds is 6. The predicted octanol–water partition coefficient (Wildman–Crippen LogP) is 0.441. The molecule has 0 bridgehead atoms. The van der Waals surface area contributed by atoms with Crippen LogP contribution in [0, 0.1) is 0 Å². The Balaban J connectivity index is 1.77. The van der Waals surface area contributed by atoms with Gasteiger partial charge in [-0.2, -0.15) is 0 Å². The molecule has 1 aliphatic carbocycles. The van der Waals surface area contributed by atoms with Crippen LogP contribution in [-0.4, -0.2) is 62.1 Å². The number of hydrogen-bond donors (Lipinski definition) is 2. The van der Waals surface area contributed by atoms with Crippen LogP contribution in [0.25, 0.3) is 0 Å². The van der Waals surface area contributed by atoms with E-state index in [-0.39, 0.29) is 35.6 Å². The van der Waals surface area contributed by atoms with Gasteiger partial charge >= 0.3 is 5.97 Å². The van der Waals surface area contributed by atoms with Gasteiger partial charge in [0.05, 0.1) is 11.0 Å². The summed E-state index contributed by atoms with van der Waals surface area (Å²) in [7, 11) is -2.11. The molecule has 1 saturated heterocycles. The highest BCUT2D eigenvalue weighted by Gasteiger charge is 2.40. The normalized spacial score (nSPS) is 23.6. The fourth-order valence-corrected chi connectivity index (χ4v) is 4.16. The van der Waals surface area contributed by atoms with Crippen LogP contribution in [0.15, 0.2) is 29.2 Å². The minimum absolute atomic E-state index is 0.00166. The number of likely N-dealkylation sites (tertiary alicyclic amines) is 1. The predicted molar refractivity (Wildman–Crippen MR) is 87.7 cm³/mol. The topological polar surface area (TPSA) is 113 Å². The molecule has 2 N–H and O–H groups in total. The van der Waals surface area contributed by atoms with E-state index in [9.17, 15) is 23.1 Å². The standard InChI is InChI=1S/C16H20N2O6S/c1-24-12-8-14(16(20)21)18(9-12)15(19)10-2-6-13(7-3-10)25(22,23)17-11-4-5-11/h2-3,6-7,11-12,14,17H,4-5,8-9H2,1H3,(H,20,21). The average molecular weight is 368 g/mol. The minimum atomic E-state index is -3.58. The van der Waals surface area contributed by atoms with E-state index < -0.39 is 27.9 Å². The second-order valence-corrected chi connectivity index (χ2v) is 8.04. The molecule has 0 radical (unpaired) electrons. The Morgan fingerprint density at radius 1 is 1.24 bits per heavy atom. The number of carbonyl (C=O) groups is 2. The molecule has 1 amide bonds. The van der Waals surface area contributed by atoms with Gasteiger partial charge in [0.2, 0.25) is 10.0 Å². The van der Waals surface area contributed by atoms with Gasteiger partial charge in [-0.15, -0.1) is 0 Å². The molecule has 1 heterocycles. The zero-order valence-electron chi connectivity index (χ0n) is 13.7. The minimum Gasteiger partial charge on any atom is -0.480 e. The van der Waals surface area contributed by atoms with Crippen LogP contribution in [0.2, 0.25) is 0 Å². The van der Waals surface area contributed by atoms with Crippen molar-refractivity contribution in [1.82, 2.24) is 9.62 Å². The lowest BCUT2D eigenvalue weighted by molar-refractivity contribution is -0.141. The van der Waals surface area contributed by atoms with Gasteiger partial charge in [0.1, 0.15) is 6.04 Å². The van der Waals surface area contributed by atoms with Gasteiger partial charge < -0.3 is 14.7 Å². The van der Waals surface area contributed by atoms with Crippen molar-refractivity contribution in [2.45, 2.75) is 42.3 Å². The highest BCUT2D eigenvalue weighted by atomic mass is 32.2. The number of carbonyl (C=O) groups excluding carboxylic acids is 1. The van der Waals surface area contributed by atoms with Gasteiger partial charge in [-0.1, -0.05) is 0 Å². The Hall–Kier alpha value is -1.97. The summed E-state index contributed by atoms with van der Waals surface area (Å²) in [6.45, 7) is 0.190. The fourth-order valence-electron chi connectivity index (χ4n) is 2.86. The second kappa shape index (κ2) is 6.74. The number of benzene rings is 1. The van der Waals surface area contributed by atoms with Crippen molar-refractivity contribution < 1.29 is 27.9 Å². The molecule has 9 heteroatoms. The summed E-state index contributed by atoms with van der Waals surface area (Å²) in [5.74, 6) is -1.54. The summed E-state index contributed by atoms with van der Waals surface area (Å²) < 4.78 is 32.0. The molecular formula is C16H20N2O6S. The fraction of sp³-hybridized carbons (Fsp3) is 0.500. The van der Waals surface area contributed by atoms with E-state index in [1.54, 1.807) is 0 Å². The number of aliphatic carboxylic acids is 1. The third-order valence-electron chi connectivity index (χ3n) is 4.45. The smallest absolute Gasteiger partial charge is 0.326 e. The summed E-state index contributed by atoms with van der Waals surface area (Å²) in [4.78, 5) is 25.3. The Kier molecular flexibility index (Phi) is 4.81. The molecule has 1 saturated carbocycles. The highest BCUT2D eigenvalue weighted by molar-refractivity contribution is 7.89. The van der Waals surface area contributed by atoms with Crippen LogP contribution in [0.5, 0.6) is 0 Å². The first-order valence-corrected chi connectivity index (χ1v) is 9.49. The lowest BCUT2D eigenvalue weighted by Crippen LogP contribution is -2.40. The van der Waals surface area contributed by atoms with Crippen molar-refractivity contribution >= 4 is 21.9 Å². The zero-order chi connectivity index (χ0) is 18.2. The molecule has 2 fully saturated rings. The zero-order valence-corrected chi connectivity index (χ0v) is 14.5. The van der Waals surface area contributed by atoms with E-state index in [0.29, 0.717) is 0 Å². The van der Waals surface area contributed by atoms with Gasteiger partial charge in [0.25, 0.3) is 5.91 Å².